The van der Waals surface area contributed by atoms with Gasteiger partial charge in [0, 0.05) is 5.57 Å². The molecule has 0 rings (SSSR count). The van der Waals surface area contributed by atoms with Gasteiger partial charge >= 0.3 is 5.97 Å². The summed E-state index contributed by atoms with van der Waals surface area (Å²) in [7, 11) is -1.06. The van der Waals surface area contributed by atoms with E-state index in [1.54, 1.807) is 0 Å². The van der Waals surface area contributed by atoms with E-state index >= 15 is 0 Å². The molecular weight excluding hydrogens is 240 g/mol. The van der Waals surface area contributed by atoms with Crippen LogP contribution in [-0.2, 0) is 9.53 Å². The first-order valence-corrected chi connectivity index (χ1v) is 9.38. The van der Waals surface area contributed by atoms with Gasteiger partial charge in [-0.2, -0.15) is 0 Å². The summed E-state index contributed by atoms with van der Waals surface area (Å²) in [6.45, 7) is 14.4. The van der Waals surface area contributed by atoms with Gasteiger partial charge in [0.25, 0.3) is 0 Å². The highest BCUT2D eigenvalue weighted by molar-refractivity contribution is 6.66. The second-order valence-electron chi connectivity index (χ2n) is 5.39. The Morgan fingerprint density at radius 2 is 1.83 bits per heavy atom. The van der Waals surface area contributed by atoms with Crippen molar-refractivity contribution in [3.8, 4) is 0 Å². The zero-order valence-electron chi connectivity index (χ0n) is 12.9. The number of hydrogen-bond acceptors (Lipinski definition) is 2. The Bertz CT molecular complexity index is 327. The maximum absolute atomic E-state index is 12.0. The lowest BCUT2D eigenvalue weighted by atomic mass is 10.1. The third-order valence-electron chi connectivity index (χ3n) is 2.96. The van der Waals surface area contributed by atoms with E-state index in [0.29, 0.717) is 5.92 Å². The van der Waals surface area contributed by atoms with E-state index in [4.69, 9.17) is 4.74 Å². The van der Waals surface area contributed by atoms with Gasteiger partial charge in [-0.05, 0) is 39.7 Å². The highest BCUT2D eigenvalue weighted by Gasteiger charge is 2.20. The maximum atomic E-state index is 12.0. The van der Waals surface area contributed by atoms with Crippen LogP contribution in [0.2, 0.25) is 12.6 Å². The maximum Gasteiger partial charge on any atom is 0.333 e. The molecule has 2 nitrogen and oxygen atoms in total. The molecule has 0 N–H and O–H groups in total. The molecule has 0 aliphatic carbocycles. The van der Waals surface area contributed by atoms with Crippen molar-refractivity contribution in [3.63, 3.8) is 0 Å². The van der Waals surface area contributed by atoms with Crippen LogP contribution in [0.3, 0.4) is 0 Å². The van der Waals surface area contributed by atoms with Gasteiger partial charge in [0.15, 0.2) is 0 Å². The van der Waals surface area contributed by atoms with E-state index < -0.39 is 8.80 Å². The molecule has 0 aromatic heterocycles. The second-order valence-corrected chi connectivity index (χ2v) is 8.29. The van der Waals surface area contributed by atoms with Gasteiger partial charge in [0.05, 0.1) is 14.9 Å². The molecule has 0 saturated heterocycles. The van der Waals surface area contributed by atoms with Gasteiger partial charge in [0.2, 0.25) is 0 Å². The van der Waals surface area contributed by atoms with E-state index in [0.717, 1.165) is 11.6 Å². The summed E-state index contributed by atoms with van der Waals surface area (Å²) in [6.07, 6.45) is 4.25. The van der Waals surface area contributed by atoms with Crippen molar-refractivity contribution in [2.24, 2.45) is 5.92 Å². The van der Waals surface area contributed by atoms with Gasteiger partial charge < -0.3 is 4.74 Å². The standard InChI is InChI=1S/C15H28O2Si/c1-8-9-10-18(7)14(11(2)3)13(6)15(16)17-12(4)5/h8-9,11-12,18H,10H2,1-7H3. The Kier molecular flexibility index (Phi) is 7.92. The first-order valence-electron chi connectivity index (χ1n) is 6.84. The van der Waals surface area contributed by atoms with Gasteiger partial charge in [-0.25, -0.2) is 4.79 Å². The topological polar surface area (TPSA) is 26.3 Å². The third kappa shape index (κ3) is 5.67. The number of carbonyl (C=O) groups is 1. The first-order chi connectivity index (χ1) is 8.31. The number of ether oxygens (including phenoxy) is 1. The molecule has 1 unspecified atom stereocenters. The van der Waals surface area contributed by atoms with Crippen LogP contribution in [-0.4, -0.2) is 20.9 Å². The average molecular weight is 268 g/mol. The van der Waals surface area contributed by atoms with E-state index in [1.165, 1.54) is 5.20 Å². The van der Waals surface area contributed by atoms with Gasteiger partial charge in [-0.3, -0.25) is 0 Å². The zero-order chi connectivity index (χ0) is 14.3. The van der Waals surface area contributed by atoms with E-state index in [2.05, 4.69) is 32.5 Å². The Hall–Kier alpha value is -0.833. The summed E-state index contributed by atoms with van der Waals surface area (Å²) in [5.41, 5.74) is 0.836. The predicted molar refractivity (Wildman–Crippen MR) is 81.4 cm³/mol. The fourth-order valence-electron chi connectivity index (χ4n) is 2.26. The van der Waals surface area contributed by atoms with Crippen LogP contribution < -0.4 is 0 Å². The summed E-state index contributed by atoms with van der Waals surface area (Å²) in [5.74, 6) is 0.283. The van der Waals surface area contributed by atoms with Crippen molar-refractivity contribution in [1.82, 2.24) is 0 Å². The zero-order valence-corrected chi connectivity index (χ0v) is 14.1. The Morgan fingerprint density at radius 3 is 2.22 bits per heavy atom. The lowest BCUT2D eigenvalue weighted by molar-refractivity contribution is -0.142. The highest BCUT2D eigenvalue weighted by Crippen LogP contribution is 2.22. The predicted octanol–water partition coefficient (Wildman–Crippen LogP) is 3.88. The molecule has 0 bridgehead atoms. The molecule has 0 saturated carbocycles. The molecule has 0 heterocycles. The second kappa shape index (κ2) is 8.30. The minimum absolute atomic E-state index is 0.0478. The minimum atomic E-state index is -1.06. The lowest BCUT2D eigenvalue weighted by Gasteiger charge is -2.21. The van der Waals surface area contributed by atoms with Gasteiger partial charge in [-0.15, -0.1) is 0 Å². The third-order valence-corrected chi connectivity index (χ3v) is 6.10. The Balaban J connectivity index is 5.10. The number of carbonyl (C=O) groups excluding carboxylic acids is 1. The molecular formula is C15H28O2Si. The van der Waals surface area contributed by atoms with Crippen molar-refractivity contribution in [2.45, 2.75) is 60.2 Å². The number of hydrogen-bond donors (Lipinski definition) is 0. The van der Waals surface area contributed by atoms with E-state index in [9.17, 15) is 4.79 Å². The molecule has 1 atom stereocenters. The van der Waals surface area contributed by atoms with Crippen LogP contribution in [0.4, 0.5) is 0 Å². The van der Waals surface area contributed by atoms with E-state index in [-0.39, 0.29) is 12.1 Å². The molecule has 0 radical (unpaired) electrons. The molecule has 0 aliphatic heterocycles. The van der Waals surface area contributed by atoms with Crippen molar-refractivity contribution < 1.29 is 9.53 Å². The van der Waals surface area contributed by atoms with Crippen molar-refractivity contribution in [1.29, 1.82) is 0 Å². The van der Waals surface area contributed by atoms with Crippen LogP contribution in [0.15, 0.2) is 22.9 Å². The minimum Gasteiger partial charge on any atom is -0.460 e. The summed E-state index contributed by atoms with van der Waals surface area (Å²) >= 11 is 0. The molecule has 0 aromatic carbocycles. The van der Waals surface area contributed by atoms with E-state index in [1.807, 2.05) is 27.7 Å². The first kappa shape index (κ1) is 17.2. The lowest BCUT2D eigenvalue weighted by Crippen LogP contribution is -2.22. The van der Waals surface area contributed by atoms with Crippen LogP contribution in [0.5, 0.6) is 0 Å². The van der Waals surface area contributed by atoms with Crippen molar-refractivity contribution in [2.75, 3.05) is 0 Å². The number of allylic oxidation sites excluding steroid dienone is 3. The van der Waals surface area contributed by atoms with Crippen LogP contribution in [0, 0.1) is 5.92 Å². The summed E-state index contributed by atoms with van der Waals surface area (Å²) in [4.78, 5) is 12.0. The molecule has 0 amide bonds. The monoisotopic (exact) mass is 268 g/mol. The number of esters is 1. The highest BCUT2D eigenvalue weighted by atomic mass is 28.3. The van der Waals surface area contributed by atoms with Crippen molar-refractivity contribution >= 4 is 14.8 Å². The largest absolute Gasteiger partial charge is 0.460 e. The quantitative estimate of drug-likeness (QED) is 0.316. The summed E-state index contributed by atoms with van der Waals surface area (Å²) in [5, 5.41) is 1.35. The van der Waals surface area contributed by atoms with Gasteiger partial charge in [-0.1, -0.05) is 37.7 Å². The van der Waals surface area contributed by atoms with Crippen LogP contribution >= 0.6 is 0 Å². The fourth-order valence-corrected chi connectivity index (χ4v) is 5.19. The smallest absolute Gasteiger partial charge is 0.333 e. The molecule has 0 aromatic rings. The molecule has 18 heavy (non-hydrogen) atoms. The molecule has 0 aliphatic rings. The molecule has 3 heteroatoms. The van der Waals surface area contributed by atoms with Crippen LogP contribution in [0.25, 0.3) is 0 Å². The molecule has 0 spiro atoms. The SMILES string of the molecule is CC=CC[SiH](C)C(=C(C)C(=O)OC(C)C)C(C)C. The normalized spacial score (nSPS) is 15.2. The molecule has 0 fully saturated rings. The van der Waals surface area contributed by atoms with Crippen LogP contribution in [0.1, 0.15) is 41.5 Å². The number of rotatable bonds is 6. The van der Waals surface area contributed by atoms with Gasteiger partial charge in [0.1, 0.15) is 0 Å². The fraction of sp³-hybridized carbons (Fsp3) is 0.667. The Labute approximate surface area is 114 Å². The summed E-state index contributed by atoms with van der Waals surface area (Å²) < 4.78 is 5.31. The average Bonchev–Trinajstić information content (AvgIpc) is 2.24. The Morgan fingerprint density at radius 1 is 1.28 bits per heavy atom. The van der Waals surface area contributed by atoms with Crippen molar-refractivity contribution in [3.05, 3.63) is 22.9 Å². The molecule has 104 valence electrons. The summed E-state index contributed by atoms with van der Waals surface area (Å²) in [6, 6.07) is 1.11.